The van der Waals surface area contributed by atoms with E-state index in [0.29, 0.717) is 5.69 Å². The summed E-state index contributed by atoms with van der Waals surface area (Å²) in [6.07, 6.45) is 4.96. The molecule has 134 valence electrons. The van der Waals surface area contributed by atoms with Crippen LogP contribution in [0.3, 0.4) is 0 Å². The summed E-state index contributed by atoms with van der Waals surface area (Å²) in [5.41, 5.74) is 2.42. The third kappa shape index (κ3) is 3.72. The average Bonchev–Trinajstić information content (AvgIpc) is 3.02. The highest BCUT2D eigenvalue weighted by atomic mass is 32.2. The Morgan fingerprint density at radius 2 is 1.77 bits per heavy atom. The Labute approximate surface area is 157 Å². The fourth-order valence-electron chi connectivity index (χ4n) is 2.45. The minimum atomic E-state index is -0.122. The maximum absolute atomic E-state index is 12.8. The smallest absolute Gasteiger partial charge is 0.276 e. The highest BCUT2D eigenvalue weighted by Crippen LogP contribution is 2.28. The largest absolute Gasteiger partial charge is 0.378 e. The zero-order valence-corrected chi connectivity index (χ0v) is 16.1. The first-order valence-corrected chi connectivity index (χ1v) is 8.94. The summed E-state index contributed by atoms with van der Waals surface area (Å²) in [6.45, 7) is 0. The van der Waals surface area contributed by atoms with Crippen LogP contribution in [0.4, 0.5) is 11.4 Å². The number of carbonyl (C=O) groups excluding carboxylic acids is 1. The summed E-state index contributed by atoms with van der Waals surface area (Å²) < 4.78 is 1.82. The van der Waals surface area contributed by atoms with E-state index in [1.165, 1.54) is 11.8 Å². The van der Waals surface area contributed by atoms with E-state index >= 15 is 0 Å². The van der Waals surface area contributed by atoms with Crippen LogP contribution in [0.1, 0.15) is 10.5 Å². The monoisotopic (exact) mass is 367 g/mol. The van der Waals surface area contributed by atoms with Gasteiger partial charge in [0.15, 0.2) is 5.16 Å². The van der Waals surface area contributed by atoms with Crippen molar-refractivity contribution in [1.82, 2.24) is 14.5 Å². The fraction of sp³-hybridized carbons (Fsp3) is 0.211. The van der Waals surface area contributed by atoms with Crippen molar-refractivity contribution in [1.29, 1.82) is 0 Å². The molecular formula is C19H21N5OS. The molecule has 0 aliphatic rings. The predicted octanol–water partition coefficient (Wildman–Crippen LogP) is 3.31. The van der Waals surface area contributed by atoms with Gasteiger partial charge >= 0.3 is 0 Å². The number of benzene rings is 1. The summed E-state index contributed by atoms with van der Waals surface area (Å²) in [4.78, 5) is 26.0. The van der Waals surface area contributed by atoms with Gasteiger partial charge in [0.05, 0.1) is 18.1 Å². The molecule has 0 bridgehead atoms. The van der Waals surface area contributed by atoms with Gasteiger partial charge in [-0.05, 0) is 36.4 Å². The number of pyridine rings is 1. The highest BCUT2D eigenvalue weighted by Gasteiger charge is 2.19. The van der Waals surface area contributed by atoms with Gasteiger partial charge in [0, 0.05) is 45.0 Å². The molecule has 0 radical (unpaired) electrons. The minimum absolute atomic E-state index is 0.122. The maximum atomic E-state index is 12.8. The molecule has 6 nitrogen and oxygen atoms in total. The quantitative estimate of drug-likeness (QED) is 0.692. The Bertz CT molecular complexity index is 890. The second-order valence-corrected chi connectivity index (χ2v) is 7.09. The van der Waals surface area contributed by atoms with Gasteiger partial charge in [-0.1, -0.05) is 11.8 Å². The SMILES string of the molecule is CN(C)c1ccc(Sc2ncc(C(=O)N(C)c3cccnc3)n2C)cc1. The number of hydrogen-bond donors (Lipinski definition) is 0. The molecule has 0 fully saturated rings. The van der Waals surface area contributed by atoms with Gasteiger partial charge < -0.3 is 14.4 Å². The van der Waals surface area contributed by atoms with E-state index in [1.807, 2.05) is 31.8 Å². The minimum Gasteiger partial charge on any atom is -0.378 e. The van der Waals surface area contributed by atoms with Crippen LogP contribution in [0, 0.1) is 0 Å². The molecule has 7 heteroatoms. The molecule has 2 heterocycles. The summed E-state index contributed by atoms with van der Waals surface area (Å²) in [6, 6.07) is 11.9. The van der Waals surface area contributed by atoms with Crippen molar-refractivity contribution < 1.29 is 4.79 Å². The van der Waals surface area contributed by atoms with Gasteiger partial charge in [-0.2, -0.15) is 0 Å². The molecule has 3 rings (SSSR count). The van der Waals surface area contributed by atoms with Crippen molar-refractivity contribution in [3.63, 3.8) is 0 Å². The first kappa shape index (κ1) is 18.0. The summed E-state index contributed by atoms with van der Waals surface area (Å²) in [5.74, 6) is -0.122. The van der Waals surface area contributed by atoms with Crippen molar-refractivity contribution >= 4 is 29.0 Å². The van der Waals surface area contributed by atoms with E-state index in [1.54, 1.807) is 36.6 Å². The van der Waals surface area contributed by atoms with E-state index in [9.17, 15) is 4.79 Å². The predicted molar refractivity (Wildman–Crippen MR) is 105 cm³/mol. The third-order valence-corrected chi connectivity index (χ3v) is 5.13. The van der Waals surface area contributed by atoms with Crippen molar-refractivity contribution in [2.45, 2.75) is 10.1 Å². The van der Waals surface area contributed by atoms with Crippen LogP contribution < -0.4 is 9.80 Å². The third-order valence-electron chi connectivity index (χ3n) is 4.06. The highest BCUT2D eigenvalue weighted by molar-refractivity contribution is 7.99. The average molecular weight is 367 g/mol. The fourth-order valence-corrected chi connectivity index (χ4v) is 3.27. The Morgan fingerprint density at radius 1 is 1.04 bits per heavy atom. The second-order valence-electron chi connectivity index (χ2n) is 6.05. The number of carbonyl (C=O) groups is 1. The molecule has 0 saturated carbocycles. The van der Waals surface area contributed by atoms with Crippen LogP contribution in [-0.4, -0.2) is 41.6 Å². The van der Waals surface area contributed by atoms with Gasteiger partial charge in [0.2, 0.25) is 0 Å². The molecule has 0 unspecified atom stereocenters. The van der Waals surface area contributed by atoms with Crippen LogP contribution in [0.5, 0.6) is 0 Å². The molecule has 3 aromatic rings. The lowest BCUT2D eigenvalue weighted by atomic mass is 10.3. The number of amides is 1. The molecule has 1 aromatic carbocycles. The van der Waals surface area contributed by atoms with Gasteiger partial charge in [-0.3, -0.25) is 9.78 Å². The van der Waals surface area contributed by atoms with Crippen LogP contribution in [0.15, 0.2) is 65.0 Å². The molecule has 2 aromatic heterocycles. The topological polar surface area (TPSA) is 54.3 Å². The van der Waals surface area contributed by atoms with Gasteiger partial charge in [0.25, 0.3) is 5.91 Å². The zero-order chi connectivity index (χ0) is 18.7. The lowest BCUT2D eigenvalue weighted by molar-refractivity contribution is 0.0984. The summed E-state index contributed by atoms with van der Waals surface area (Å²) in [5, 5.41) is 0.769. The molecule has 0 N–H and O–H groups in total. The van der Waals surface area contributed by atoms with Gasteiger partial charge in [0.1, 0.15) is 5.69 Å². The molecule has 0 aliphatic heterocycles. The number of nitrogens with zero attached hydrogens (tertiary/aromatic N) is 5. The lowest BCUT2D eigenvalue weighted by Crippen LogP contribution is -2.28. The van der Waals surface area contributed by atoms with Crippen molar-refractivity contribution in [3.8, 4) is 0 Å². The first-order valence-electron chi connectivity index (χ1n) is 8.12. The Hall–Kier alpha value is -2.80. The number of imidazole rings is 1. The molecule has 0 spiro atoms. The number of anilines is 2. The standard InChI is InChI=1S/C19H21N5OS/c1-22(2)14-7-9-16(10-8-14)26-19-21-13-17(24(19)4)18(25)23(3)15-6-5-11-20-12-15/h5-13H,1-4H3. The molecule has 26 heavy (non-hydrogen) atoms. The maximum Gasteiger partial charge on any atom is 0.276 e. The number of rotatable bonds is 5. The first-order chi connectivity index (χ1) is 12.5. The normalized spacial score (nSPS) is 10.6. The van der Waals surface area contributed by atoms with Crippen LogP contribution >= 0.6 is 11.8 Å². The number of aromatic nitrogens is 3. The molecule has 0 aliphatic carbocycles. The lowest BCUT2D eigenvalue weighted by Gasteiger charge is -2.17. The van der Waals surface area contributed by atoms with E-state index in [-0.39, 0.29) is 5.91 Å². The van der Waals surface area contributed by atoms with Gasteiger partial charge in [-0.25, -0.2) is 4.98 Å². The summed E-state index contributed by atoms with van der Waals surface area (Å²) >= 11 is 1.53. The molecule has 1 amide bonds. The van der Waals surface area contributed by atoms with E-state index in [2.05, 4.69) is 39.1 Å². The zero-order valence-electron chi connectivity index (χ0n) is 15.2. The van der Waals surface area contributed by atoms with E-state index < -0.39 is 0 Å². The van der Waals surface area contributed by atoms with Crippen LogP contribution in [0.25, 0.3) is 0 Å². The van der Waals surface area contributed by atoms with Crippen molar-refractivity contribution in [2.75, 3.05) is 30.9 Å². The Balaban J connectivity index is 1.78. The summed E-state index contributed by atoms with van der Waals surface area (Å²) in [7, 11) is 7.61. The second kappa shape index (κ2) is 7.61. The molecular weight excluding hydrogens is 346 g/mol. The number of hydrogen-bond acceptors (Lipinski definition) is 5. The molecule has 0 atom stereocenters. The molecule has 0 saturated heterocycles. The van der Waals surface area contributed by atoms with Crippen molar-refractivity contribution in [3.05, 3.63) is 60.7 Å². The van der Waals surface area contributed by atoms with E-state index in [0.717, 1.165) is 21.4 Å². The van der Waals surface area contributed by atoms with Gasteiger partial charge in [-0.15, -0.1) is 0 Å². The Kier molecular flexibility index (Phi) is 5.27. The van der Waals surface area contributed by atoms with Crippen molar-refractivity contribution in [2.24, 2.45) is 7.05 Å². The van der Waals surface area contributed by atoms with Crippen LogP contribution in [-0.2, 0) is 7.05 Å². The van der Waals surface area contributed by atoms with E-state index in [4.69, 9.17) is 0 Å². The Morgan fingerprint density at radius 3 is 2.38 bits per heavy atom. The van der Waals surface area contributed by atoms with Crippen LogP contribution in [0.2, 0.25) is 0 Å².